The van der Waals surface area contributed by atoms with Crippen molar-refractivity contribution < 1.29 is 18.7 Å². The van der Waals surface area contributed by atoms with E-state index in [0.717, 1.165) is 18.4 Å². The number of carbonyl (C=O) groups is 2. The molecule has 1 aromatic rings. The molecule has 1 saturated carbocycles. The van der Waals surface area contributed by atoms with E-state index in [0.29, 0.717) is 5.92 Å². The van der Waals surface area contributed by atoms with E-state index in [1.807, 2.05) is 0 Å². The van der Waals surface area contributed by atoms with Gasteiger partial charge in [-0.25, -0.2) is 9.18 Å². The van der Waals surface area contributed by atoms with Crippen molar-refractivity contribution in [3.05, 3.63) is 41.2 Å². The Bertz CT molecular complexity index is 723. The number of hydrogen-bond acceptors (Lipinski definition) is 3. The zero-order chi connectivity index (χ0) is 17.5. The largest absolute Gasteiger partial charge is 0.458 e. The highest BCUT2D eigenvalue weighted by Gasteiger charge is 2.51. The van der Waals surface area contributed by atoms with Crippen LogP contribution in [0.3, 0.4) is 0 Å². The number of anilines is 1. The molecule has 3 aliphatic carbocycles. The van der Waals surface area contributed by atoms with E-state index in [1.54, 1.807) is 0 Å². The van der Waals surface area contributed by atoms with Crippen molar-refractivity contribution >= 4 is 17.6 Å². The number of allylic oxidation sites excluding steroid dienone is 1. The molecule has 4 rings (SSSR count). The lowest BCUT2D eigenvalue weighted by molar-refractivity contribution is -0.114. The van der Waals surface area contributed by atoms with Crippen molar-refractivity contribution in [2.75, 3.05) is 11.9 Å². The van der Waals surface area contributed by atoms with Crippen LogP contribution >= 0.6 is 0 Å². The van der Waals surface area contributed by atoms with E-state index in [2.05, 4.69) is 25.2 Å². The highest BCUT2D eigenvalue weighted by Crippen LogP contribution is 2.59. The van der Waals surface area contributed by atoms with Crippen LogP contribution in [0.5, 0.6) is 0 Å². The predicted octanol–water partition coefficient (Wildman–Crippen LogP) is 3.93. The summed E-state index contributed by atoms with van der Waals surface area (Å²) in [5.74, 6) is -0.277. The van der Waals surface area contributed by atoms with Gasteiger partial charge in [0.2, 0.25) is 5.91 Å². The molecule has 0 aliphatic heterocycles. The number of esters is 1. The lowest BCUT2D eigenvalue weighted by Gasteiger charge is -2.56. The minimum Gasteiger partial charge on any atom is -0.458 e. The third-order valence-corrected chi connectivity index (χ3v) is 5.47. The second-order valence-electron chi connectivity index (χ2n) is 7.27. The quantitative estimate of drug-likeness (QED) is 0.672. The Balaban J connectivity index is 1.66. The number of rotatable bonds is 4. The average Bonchev–Trinajstić information content (AvgIpc) is 2.54. The summed E-state index contributed by atoms with van der Waals surface area (Å²) in [6.07, 6.45) is 4.39. The van der Waals surface area contributed by atoms with Gasteiger partial charge in [0.15, 0.2) is 0 Å². The number of carbonyl (C=O) groups excluding carboxylic acids is 2. The number of amides is 1. The minimum atomic E-state index is -0.584. The third kappa shape index (κ3) is 2.95. The Morgan fingerprint density at radius 3 is 2.75 bits per heavy atom. The van der Waals surface area contributed by atoms with Gasteiger partial charge >= 0.3 is 5.97 Å². The highest BCUT2D eigenvalue weighted by molar-refractivity contribution is 5.93. The van der Waals surface area contributed by atoms with Gasteiger partial charge in [-0.3, -0.25) is 4.79 Å². The van der Waals surface area contributed by atoms with Crippen molar-refractivity contribution in [2.24, 2.45) is 17.3 Å². The van der Waals surface area contributed by atoms with Crippen molar-refractivity contribution in [3.8, 4) is 0 Å². The van der Waals surface area contributed by atoms with Gasteiger partial charge in [0, 0.05) is 6.92 Å². The van der Waals surface area contributed by atoms with Gasteiger partial charge in [0.05, 0.1) is 11.3 Å². The first kappa shape index (κ1) is 16.7. The van der Waals surface area contributed by atoms with Gasteiger partial charge in [0.25, 0.3) is 0 Å². The van der Waals surface area contributed by atoms with Crippen LogP contribution in [0, 0.1) is 23.1 Å². The third-order valence-electron chi connectivity index (χ3n) is 5.47. The Kier molecular flexibility index (Phi) is 4.20. The molecule has 1 N–H and O–H groups in total. The first-order chi connectivity index (χ1) is 11.3. The first-order valence-electron chi connectivity index (χ1n) is 8.22. The van der Waals surface area contributed by atoms with Crippen LogP contribution in [0.1, 0.15) is 44.0 Å². The van der Waals surface area contributed by atoms with Crippen molar-refractivity contribution in [2.45, 2.75) is 33.6 Å². The fourth-order valence-corrected chi connectivity index (χ4v) is 3.81. The van der Waals surface area contributed by atoms with E-state index in [9.17, 15) is 14.0 Å². The highest BCUT2D eigenvalue weighted by atomic mass is 19.1. The smallest absolute Gasteiger partial charge is 0.338 e. The Hall–Kier alpha value is -2.17. The summed E-state index contributed by atoms with van der Waals surface area (Å²) >= 11 is 0. The van der Waals surface area contributed by atoms with Crippen LogP contribution < -0.4 is 5.32 Å². The summed E-state index contributed by atoms with van der Waals surface area (Å²) in [6, 6.07) is 3.82. The first-order valence-corrected chi connectivity index (χ1v) is 8.22. The number of fused-ring (bicyclic) bond motifs is 1. The molecule has 1 fully saturated rings. The molecule has 1 amide bonds. The molecule has 0 saturated heterocycles. The molecule has 0 aromatic heterocycles. The van der Waals surface area contributed by atoms with E-state index < -0.39 is 17.7 Å². The van der Waals surface area contributed by atoms with E-state index in [1.165, 1.54) is 31.1 Å². The van der Waals surface area contributed by atoms with Gasteiger partial charge in [-0.15, -0.1) is 0 Å². The SMILES string of the molecule is CC(=O)Nc1cc(C(=O)OCC2=CC[C@H]3C[C@@H]2C3(C)C)ccc1F. The number of benzene rings is 1. The minimum absolute atomic E-state index is 0.0169. The molecule has 2 atom stereocenters. The lowest BCUT2D eigenvalue weighted by atomic mass is 9.49. The number of nitrogens with one attached hydrogen (secondary N) is 1. The van der Waals surface area contributed by atoms with Gasteiger partial charge in [-0.2, -0.15) is 0 Å². The van der Waals surface area contributed by atoms with Gasteiger partial charge in [-0.05, 0) is 53.9 Å². The van der Waals surface area contributed by atoms with Crippen LogP contribution in [0.15, 0.2) is 29.8 Å². The maximum absolute atomic E-state index is 13.6. The molecule has 128 valence electrons. The number of ether oxygens (including phenoxy) is 1. The molecule has 0 unspecified atom stereocenters. The lowest BCUT2D eigenvalue weighted by Crippen LogP contribution is -2.48. The molecule has 1 aromatic carbocycles. The van der Waals surface area contributed by atoms with Crippen LogP contribution in [-0.2, 0) is 9.53 Å². The molecule has 0 spiro atoms. The van der Waals surface area contributed by atoms with E-state index in [4.69, 9.17) is 4.74 Å². The Labute approximate surface area is 141 Å². The average molecular weight is 331 g/mol. The Morgan fingerprint density at radius 1 is 1.38 bits per heavy atom. The zero-order valence-electron chi connectivity index (χ0n) is 14.2. The van der Waals surface area contributed by atoms with Crippen LogP contribution in [-0.4, -0.2) is 18.5 Å². The van der Waals surface area contributed by atoms with Gasteiger partial charge < -0.3 is 10.1 Å². The molecule has 3 aliphatic rings. The van der Waals surface area contributed by atoms with E-state index >= 15 is 0 Å². The maximum atomic E-state index is 13.6. The van der Waals surface area contributed by atoms with Crippen molar-refractivity contribution in [1.29, 1.82) is 0 Å². The molecule has 4 nitrogen and oxygen atoms in total. The fourth-order valence-electron chi connectivity index (χ4n) is 3.81. The van der Waals surface area contributed by atoms with Crippen LogP contribution in [0.2, 0.25) is 0 Å². The zero-order valence-corrected chi connectivity index (χ0v) is 14.2. The van der Waals surface area contributed by atoms with Crippen LogP contribution in [0.25, 0.3) is 0 Å². The summed E-state index contributed by atoms with van der Waals surface area (Å²) in [4.78, 5) is 23.3. The second kappa shape index (κ2) is 6.04. The second-order valence-corrected chi connectivity index (χ2v) is 7.27. The number of hydrogen-bond donors (Lipinski definition) is 1. The summed E-state index contributed by atoms with van der Waals surface area (Å²) in [5.41, 5.74) is 1.67. The summed E-state index contributed by atoms with van der Waals surface area (Å²) in [6.45, 7) is 6.08. The monoisotopic (exact) mass is 331 g/mol. The molecular weight excluding hydrogens is 309 g/mol. The van der Waals surface area contributed by atoms with E-state index in [-0.39, 0.29) is 23.3 Å². The maximum Gasteiger partial charge on any atom is 0.338 e. The van der Waals surface area contributed by atoms with Gasteiger partial charge in [-0.1, -0.05) is 19.9 Å². The molecular formula is C19H22FNO3. The molecule has 0 heterocycles. The molecule has 2 bridgehead atoms. The standard InChI is InChI=1S/C19H22FNO3/c1-11(22)21-17-8-12(5-7-16(17)20)18(23)24-10-13-4-6-14-9-15(13)19(14,2)3/h4-5,7-8,14-15H,6,9-10H2,1-3H3,(H,21,22)/t14-,15-/m0/s1. The molecule has 0 radical (unpaired) electrons. The van der Waals surface area contributed by atoms with Crippen LogP contribution in [0.4, 0.5) is 10.1 Å². The number of halogens is 1. The topological polar surface area (TPSA) is 55.4 Å². The summed E-state index contributed by atoms with van der Waals surface area (Å²) in [5, 5.41) is 2.36. The predicted molar refractivity (Wildman–Crippen MR) is 89.1 cm³/mol. The van der Waals surface area contributed by atoms with Gasteiger partial charge in [0.1, 0.15) is 12.4 Å². The van der Waals surface area contributed by atoms with Crippen molar-refractivity contribution in [3.63, 3.8) is 0 Å². The van der Waals surface area contributed by atoms with Crippen molar-refractivity contribution in [1.82, 2.24) is 0 Å². The summed E-state index contributed by atoms with van der Waals surface area (Å²) < 4.78 is 19.0. The summed E-state index contributed by atoms with van der Waals surface area (Å²) in [7, 11) is 0. The molecule has 24 heavy (non-hydrogen) atoms. The fraction of sp³-hybridized carbons (Fsp3) is 0.474. The Morgan fingerprint density at radius 2 is 2.12 bits per heavy atom. The normalized spacial score (nSPS) is 23.8. The molecule has 5 heteroatoms.